The minimum absolute atomic E-state index is 0.103. The summed E-state index contributed by atoms with van der Waals surface area (Å²) < 4.78 is 22.0. The van der Waals surface area contributed by atoms with Gasteiger partial charge in [0.1, 0.15) is 17.8 Å². The van der Waals surface area contributed by atoms with Crippen LogP contribution in [0.3, 0.4) is 0 Å². The van der Waals surface area contributed by atoms with Gasteiger partial charge in [-0.25, -0.2) is 14.4 Å². The minimum atomic E-state index is -0.642. The molecule has 4 aromatic rings. The van der Waals surface area contributed by atoms with Crippen LogP contribution in [0.25, 0.3) is 21.9 Å². The van der Waals surface area contributed by atoms with Gasteiger partial charge in [-0.2, -0.15) is 0 Å². The number of benzene rings is 2. The van der Waals surface area contributed by atoms with Crippen molar-refractivity contribution in [3.8, 4) is 0 Å². The molecule has 4 rings (SSSR count). The van der Waals surface area contributed by atoms with E-state index in [0.29, 0.717) is 27.8 Å². The molecule has 1 N–H and O–H groups in total. The minimum Gasteiger partial charge on any atom is -0.455 e. The summed E-state index contributed by atoms with van der Waals surface area (Å²) >= 11 is 3.40. The maximum Gasteiger partial charge on any atom is 0.411 e. The summed E-state index contributed by atoms with van der Waals surface area (Å²) in [4.78, 5) is 36.3. The number of halogens is 1. The molecule has 9 heteroatoms. The molecule has 0 aliphatic rings. The van der Waals surface area contributed by atoms with Crippen molar-refractivity contribution in [2.75, 3.05) is 11.9 Å². The van der Waals surface area contributed by atoms with Gasteiger partial charge in [0.25, 0.3) is 0 Å². The Morgan fingerprint density at radius 1 is 1.00 bits per heavy atom. The molecule has 2 heterocycles. The lowest BCUT2D eigenvalue weighted by molar-refractivity contribution is 0.0438. The zero-order chi connectivity index (χ0) is 22.8. The molecule has 0 spiro atoms. The lowest BCUT2D eigenvalue weighted by Gasteiger charge is -2.09. The summed E-state index contributed by atoms with van der Waals surface area (Å²) in [5.74, 6) is -0.539. The number of aryl methyl sites for hydroxylation is 1. The van der Waals surface area contributed by atoms with Gasteiger partial charge in [0.05, 0.1) is 6.61 Å². The molecular formula is C23H18BrNO7. The van der Waals surface area contributed by atoms with Gasteiger partial charge in [-0.15, -0.1) is 0 Å². The number of ether oxygens (including phenoxy) is 2. The maximum atomic E-state index is 12.7. The first-order valence-corrected chi connectivity index (χ1v) is 10.5. The first-order chi connectivity index (χ1) is 15.4. The molecule has 0 aliphatic carbocycles. The fraction of sp³-hybridized carbons (Fsp3) is 0.174. The van der Waals surface area contributed by atoms with Crippen molar-refractivity contribution >= 4 is 55.6 Å². The fourth-order valence-electron chi connectivity index (χ4n) is 3.31. The SMILES string of the molecule is CCOC(=O)Nc1ccc2c(COC(=O)c3oc4ccc(Br)cc4c3C)cc(=O)oc2c1. The van der Waals surface area contributed by atoms with Crippen LogP contribution in [0, 0.1) is 6.92 Å². The molecule has 2 aromatic carbocycles. The predicted molar refractivity (Wildman–Crippen MR) is 121 cm³/mol. The van der Waals surface area contributed by atoms with Crippen molar-refractivity contribution in [2.24, 2.45) is 0 Å². The molecule has 164 valence electrons. The Bertz CT molecular complexity index is 1400. The Morgan fingerprint density at radius 3 is 2.59 bits per heavy atom. The second-order valence-electron chi connectivity index (χ2n) is 6.92. The highest BCUT2D eigenvalue weighted by molar-refractivity contribution is 9.10. The lowest BCUT2D eigenvalue weighted by atomic mass is 10.1. The highest BCUT2D eigenvalue weighted by Gasteiger charge is 2.20. The summed E-state index contributed by atoms with van der Waals surface area (Å²) in [6.07, 6.45) is -0.618. The predicted octanol–water partition coefficient (Wildman–Crippen LogP) is 5.54. The van der Waals surface area contributed by atoms with Gasteiger partial charge in [-0.3, -0.25) is 5.32 Å². The number of carbonyl (C=O) groups is 2. The number of nitrogens with one attached hydrogen (secondary N) is 1. The molecule has 0 radical (unpaired) electrons. The topological polar surface area (TPSA) is 108 Å². The average Bonchev–Trinajstić information content (AvgIpc) is 3.07. The second kappa shape index (κ2) is 8.88. The van der Waals surface area contributed by atoms with Crippen LogP contribution in [-0.4, -0.2) is 18.7 Å². The smallest absolute Gasteiger partial charge is 0.411 e. The van der Waals surface area contributed by atoms with Gasteiger partial charge in [-0.1, -0.05) is 15.9 Å². The summed E-state index contributed by atoms with van der Waals surface area (Å²) in [6.45, 7) is 3.54. The molecule has 0 fully saturated rings. The Labute approximate surface area is 190 Å². The second-order valence-corrected chi connectivity index (χ2v) is 7.84. The number of anilines is 1. The van der Waals surface area contributed by atoms with E-state index in [1.54, 1.807) is 32.0 Å². The number of hydrogen-bond donors (Lipinski definition) is 1. The summed E-state index contributed by atoms with van der Waals surface area (Å²) in [5, 5.41) is 3.92. The van der Waals surface area contributed by atoms with Gasteiger partial charge >= 0.3 is 17.7 Å². The standard InChI is InChI=1S/C23H18BrNO7/c1-3-29-23(28)25-15-5-6-16-13(8-20(26)31-19(16)10-15)11-30-22(27)21-12(2)17-9-14(24)4-7-18(17)32-21/h4-10H,3,11H2,1-2H3,(H,25,28). The fourth-order valence-corrected chi connectivity index (χ4v) is 3.67. The highest BCUT2D eigenvalue weighted by Crippen LogP contribution is 2.29. The van der Waals surface area contributed by atoms with E-state index >= 15 is 0 Å². The van der Waals surface area contributed by atoms with Crippen LogP contribution in [0.2, 0.25) is 0 Å². The third-order valence-electron chi connectivity index (χ3n) is 4.79. The van der Waals surface area contributed by atoms with Crippen molar-refractivity contribution in [3.05, 3.63) is 74.2 Å². The van der Waals surface area contributed by atoms with Gasteiger partial charge in [-0.05, 0) is 44.2 Å². The Hall–Kier alpha value is -3.59. The van der Waals surface area contributed by atoms with Crippen LogP contribution in [0.5, 0.6) is 0 Å². The maximum absolute atomic E-state index is 12.7. The van der Waals surface area contributed by atoms with Crippen molar-refractivity contribution in [1.82, 2.24) is 0 Å². The van der Waals surface area contributed by atoms with Gasteiger partial charge in [0, 0.05) is 44.2 Å². The Kier molecular flexibility index (Phi) is 6.00. The number of esters is 1. The number of furan rings is 1. The van der Waals surface area contributed by atoms with Gasteiger partial charge in [0.15, 0.2) is 0 Å². The monoisotopic (exact) mass is 499 g/mol. The molecule has 0 saturated heterocycles. The summed E-state index contributed by atoms with van der Waals surface area (Å²) in [7, 11) is 0. The number of carbonyl (C=O) groups excluding carboxylic acids is 2. The molecule has 0 aliphatic heterocycles. The zero-order valence-electron chi connectivity index (χ0n) is 17.2. The van der Waals surface area contributed by atoms with E-state index in [9.17, 15) is 14.4 Å². The molecule has 0 saturated carbocycles. The van der Waals surface area contributed by atoms with E-state index < -0.39 is 17.7 Å². The molecule has 0 atom stereocenters. The highest BCUT2D eigenvalue weighted by atomic mass is 79.9. The van der Waals surface area contributed by atoms with E-state index in [1.807, 2.05) is 12.1 Å². The first-order valence-electron chi connectivity index (χ1n) is 9.72. The van der Waals surface area contributed by atoms with Gasteiger partial charge < -0.3 is 18.3 Å². The van der Waals surface area contributed by atoms with Crippen LogP contribution in [0.15, 0.2) is 60.6 Å². The largest absolute Gasteiger partial charge is 0.455 e. The summed E-state index contributed by atoms with van der Waals surface area (Å²) in [5.41, 5.74) is 1.73. The molecule has 0 unspecified atom stereocenters. The molecule has 0 bridgehead atoms. The van der Waals surface area contributed by atoms with Crippen LogP contribution >= 0.6 is 15.9 Å². The number of hydrogen-bond acceptors (Lipinski definition) is 7. The van der Waals surface area contributed by atoms with Crippen molar-refractivity contribution in [2.45, 2.75) is 20.5 Å². The van der Waals surface area contributed by atoms with Crippen molar-refractivity contribution in [3.63, 3.8) is 0 Å². The number of fused-ring (bicyclic) bond motifs is 2. The Balaban J connectivity index is 1.57. The molecule has 8 nitrogen and oxygen atoms in total. The molecule has 32 heavy (non-hydrogen) atoms. The third kappa shape index (κ3) is 4.38. The molecular weight excluding hydrogens is 482 g/mol. The van der Waals surface area contributed by atoms with E-state index in [-0.39, 0.29) is 24.6 Å². The third-order valence-corrected chi connectivity index (χ3v) is 5.29. The van der Waals surface area contributed by atoms with E-state index in [2.05, 4.69) is 21.2 Å². The summed E-state index contributed by atoms with van der Waals surface area (Å²) in [6, 6.07) is 11.5. The van der Waals surface area contributed by atoms with Crippen LogP contribution in [0.4, 0.5) is 10.5 Å². The first kappa shape index (κ1) is 21.6. The number of rotatable bonds is 5. The van der Waals surface area contributed by atoms with E-state index in [4.69, 9.17) is 18.3 Å². The van der Waals surface area contributed by atoms with E-state index in [1.165, 1.54) is 12.1 Å². The number of amides is 1. The average molecular weight is 500 g/mol. The van der Waals surface area contributed by atoms with E-state index in [0.717, 1.165) is 9.86 Å². The Morgan fingerprint density at radius 2 is 1.81 bits per heavy atom. The van der Waals surface area contributed by atoms with Crippen LogP contribution in [-0.2, 0) is 16.1 Å². The quantitative estimate of drug-likeness (QED) is 0.283. The van der Waals surface area contributed by atoms with Crippen molar-refractivity contribution < 1.29 is 27.9 Å². The molecule has 2 aromatic heterocycles. The molecule has 1 amide bonds. The lowest BCUT2D eigenvalue weighted by Crippen LogP contribution is -2.13. The van der Waals surface area contributed by atoms with Crippen LogP contribution < -0.4 is 10.9 Å². The van der Waals surface area contributed by atoms with Crippen molar-refractivity contribution in [1.29, 1.82) is 0 Å². The van der Waals surface area contributed by atoms with Gasteiger partial charge in [0.2, 0.25) is 5.76 Å². The normalized spacial score (nSPS) is 11.0. The zero-order valence-corrected chi connectivity index (χ0v) is 18.8. The van der Waals surface area contributed by atoms with Crippen LogP contribution in [0.1, 0.15) is 28.6 Å².